The maximum atomic E-state index is 9.14. The second-order valence-electron chi connectivity index (χ2n) is 3.48. The fourth-order valence-corrected chi connectivity index (χ4v) is 1.57. The monoisotopic (exact) mass is 190 g/mol. The summed E-state index contributed by atoms with van der Waals surface area (Å²) in [6.07, 6.45) is 5.19. The average molecular weight is 190 g/mol. The lowest BCUT2D eigenvalue weighted by atomic mass is 10.1. The van der Waals surface area contributed by atoms with E-state index in [2.05, 4.69) is 0 Å². The van der Waals surface area contributed by atoms with Gasteiger partial charge in [-0.1, -0.05) is 42.5 Å². The van der Waals surface area contributed by atoms with Crippen LogP contribution in [0.1, 0.15) is 18.4 Å². The number of ether oxygens (including phenoxy) is 1. The molecule has 0 radical (unpaired) electrons. The smallest absolute Gasteiger partial charge is 0.155 e. The van der Waals surface area contributed by atoms with Crippen molar-refractivity contribution in [1.29, 1.82) is 0 Å². The number of rotatable bonds is 2. The quantitative estimate of drug-likeness (QED) is 0.774. The normalized spacial score (nSPS) is 27.2. The third-order valence-corrected chi connectivity index (χ3v) is 2.33. The van der Waals surface area contributed by atoms with Crippen LogP contribution >= 0.6 is 0 Å². The van der Waals surface area contributed by atoms with Gasteiger partial charge in [0.15, 0.2) is 6.29 Å². The first kappa shape index (κ1) is 9.44. The highest BCUT2D eigenvalue weighted by molar-refractivity contribution is 5.49. The molecule has 0 aliphatic carbocycles. The van der Waals surface area contributed by atoms with Gasteiger partial charge in [-0.25, -0.2) is 0 Å². The zero-order chi connectivity index (χ0) is 9.80. The third kappa shape index (κ3) is 2.44. The van der Waals surface area contributed by atoms with Gasteiger partial charge in [0.25, 0.3) is 0 Å². The van der Waals surface area contributed by atoms with Gasteiger partial charge in [0.05, 0.1) is 6.10 Å². The minimum atomic E-state index is -0.569. The van der Waals surface area contributed by atoms with Crippen LogP contribution in [0, 0.1) is 0 Å². The molecule has 0 bridgehead atoms. The standard InChI is InChI=1S/C12H14O2/c13-12-9-8-11(14-12)7-6-10-4-2-1-3-5-10/h1-7,11-13H,8-9H2/b7-6+/t11-,12-/m0/s1. The van der Waals surface area contributed by atoms with Crippen LogP contribution in [0.4, 0.5) is 0 Å². The minimum absolute atomic E-state index is 0.0743. The number of aliphatic hydroxyl groups excluding tert-OH is 1. The Morgan fingerprint density at radius 1 is 1.21 bits per heavy atom. The van der Waals surface area contributed by atoms with Crippen LogP contribution in [-0.2, 0) is 4.74 Å². The Balaban J connectivity index is 1.94. The summed E-state index contributed by atoms with van der Waals surface area (Å²) in [6, 6.07) is 10.1. The van der Waals surface area contributed by atoms with Gasteiger partial charge >= 0.3 is 0 Å². The molecular weight excluding hydrogens is 176 g/mol. The molecule has 0 aromatic heterocycles. The molecule has 2 heteroatoms. The van der Waals surface area contributed by atoms with E-state index in [0.29, 0.717) is 0 Å². The zero-order valence-electron chi connectivity index (χ0n) is 7.97. The van der Waals surface area contributed by atoms with Crippen LogP contribution in [0.5, 0.6) is 0 Å². The summed E-state index contributed by atoms with van der Waals surface area (Å²) in [5.74, 6) is 0. The molecule has 0 unspecified atom stereocenters. The van der Waals surface area contributed by atoms with Gasteiger partial charge in [-0.3, -0.25) is 0 Å². The summed E-state index contributed by atoms with van der Waals surface area (Å²) >= 11 is 0. The van der Waals surface area contributed by atoms with Crippen LogP contribution in [0.25, 0.3) is 6.08 Å². The first-order valence-electron chi connectivity index (χ1n) is 4.91. The molecule has 0 spiro atoms. The Hall–Kier alpha value is -1.12. The number of hydrogen-bond acceptors (Lipinski definition) is 2. The number of aliphatic hydroxyl groups is 1. The molecule has 2 rings (SSSR count). The van der Waals surface area contributed by atoms with Crippen LogP contribution in [0.3, 0.4) is 0 Å². The lowest BCUT2D eigenvalue weighted by molar-refractivity contribution is -0.0776. The predicted molar refractivity (Wildman–Crippen MR) is 55.6 cm³/mol. The van der Waals surface area contributed by atoms with E-state index >= 15 is 0 Å². The lowest BCUT2D eigenvalue weighted by Crippen LogP contribution is -2.06. The summed E-state index contributed by atoms with van der Waals surface area (Å²) in [6.45, 7) is 0. The van der Waals surface area contributed by atoms with Crippen molar-refractivity contribution in [3.63, 3.8) is 0 Å². The summed E-state index contributed by atoms with van der Waals surface area (Å²) in [5, 5.41) is 9.14. The Bertz CT molecular complexity index is 305. The van der Waals surface area contributed by atoms with Crippen LogP contribution < -0.4 is 0 Å². The van der Waals surface area contributed by atoms with Gasteiger partial charge in [0.1, 0.15) is 0 Å². The van der Waals surface area contributed by atoms with E-state index in [1.54, 1.807) is 0 Å². The molecule has 2 nitrogen and oxygen atoms in total. The second kappa shape index (κ2) is 4.40. The van der Waals surface area contributed by atoms with E-state index in [1.165, 1.54) is 0 Å². The topological polar surface area (TPSA) is 29.5 Å². The van der Waals surface area contributed by atoms with Crippen molar-refractivity contribution in [2.75, 3.05) is 0 Å². The van der Waals surface area contributed by atoms with Crippen LogP contribution in [0.2, 0.25) is 0 Å². The van der Waals surface area contributed by atoms with Gasteiger partial charge in [-0.2, -0.15) is 0 Å². The van der Waals surface area contributed by atoms with E-state index < -0.39 is 6.29 Å². The van der Waals surface area contributed by atoms with Gasteiger partial charge in [-0.15, -0.1) is 0 Å². The average Bonchev–Trinajstić information content (AvgIpc) is 2.63. The third-order valence-electron chi connectivity index (χ3n) is 2.33. The van der Waals surface area contributed by atoms with Crippen molar-refractivity contribution < 1.29 is 9.84 Å². The molecule has 1 heterocycles. The largest absolute Gasteiger partial charge is 0.368 e. The van der Waals surface area contributed by atoms with Gasteiger partial charge in [0, 0.05) is 6.42 Å². The van der Waals surface area contributed by atoms with E-state index in [4.69, 9.17) is 9.84 Å². The molecule has 1 aliphatic rings. The molecule has 0 saturated carbocycles. The Labute approximate surface area is 83.8 Å². The maximum absolute atomic E-state index is 9.14. The first-order chi connectivity index (χ1) is 6.84. The highest BCUT2D eigenvalue weighted by atomic mass is 16.6. The first-order valence-corrected chi connectivity index (χ1v) is 4.91. The van der Waals surface area contributed by atoms with Crippen molar-refractivity contribution in [2.45, 2.75) is 25.2 Å². The summed E-state index contributed by atoms with van der Waals surface area (Å²) in [4.78, 5) is 0. The fraction of sp³-hybridized carbons (Fsp3) is 0.333. The molecular formula is C12H14O2. The minimum Gasteiger partial charge on any atom is -0.368 e. The van der Waals surface area contributed by atoms with E-state index in [-0.39, 0.29) is 6.10 Å². The predicted octanol–water partition coefficient (Wildman–Crippen LogP) is 2.20. The SMILES string of the molecule is O[C@@H]1CC[C@H](/C=C/c2ccccc2)O1. The zero-order valence-corrected chi connectivity index (χ0v) is 7.97. The number of hydrogen-bond donors (Lipinski definition) is 1. The molecule has 1 aromatic rings. The van der Waals surface area contributed by atoms with Crippen molar-refractivity contribution in [2.24, 2.45) is 0 Å². The second-order valence-corrected chi connectivity index (χ2v) is 3.48. The molecule has 74 valence electrons. The van der Waals surface area contributed by atoms with Crippen molar-refractivity contribution in [3.05, 3.63) is 42.0 Å². The molecule has 0 amide bonds. The molecule has 1 saturated heterocycles. The highest BCUT2D eigenvalue weighted by Crippen LogP contribution is 2.19. The van der Waals surface area contributed by atoms with E-state index in [1.807, 2.05) is 42.5 Å². The molecule has 1 aliphatic heterocycles. The molecule has 1 aromatic carbocycles. The molecule has 1 fully saturated rings. The van der Waals surface area contributed by atoms with Gasteiger partial charge < -0.3 is 9.84 Å². The number of benzene rings is 1. The molecule has 2 atom stereocenters. The Morgan fingerprint density at radius 2 is 2.00 bits per heavy atom. The van der Waals surface area contributed by atoms with E-state index in [9.17, 15) is 0 Å². The van der Waals surface area contributed by atoms with E-state index in [0.717, 1.165) is 18.4 Å². The fourth-order valence-electron chi connectivity index (χ4n) is 1.57. The maximum Gasteiger partial charge on any atom is 0.155 e. The van der Waals surface area contributed by atoms with Crippen LogP contribution in [0.15, 0.2) is 36.4 Å². The Kier molecular flexibility index (Phi) is 2.96. The van der Waals surface area contributed by atoms with Crippen molar-refractivity contribution in [3.8, 4) is 0 Å². The molecule has 14 heavy (non-hydrogen) atoms. The lowest BCUT2D eigenvalue weighted by Gasteiger charge is -2.03. The van der Waals surface area contributed by atoms with Gasteiger partial charge in [-0.05, 0) is 12.0 Å². The summed E-state index contributed by atoms with van der Waals surface area (Å²) in [5.41, 5.74) is 1.16. The van der Waals surface area contributed by atoms with Gasteiger partial charge in [0.2, 0.25) is 0 Å². The molecule has 1 N–H and O–H groups in total. The summed E-state index contributed by atoms with van der Waals surface area (Å²) in [7, 11) is 0. The van der Waals surface area contributed by atoms with Crippen LogP contribution in [-0.4, -0.2) is 17.5 Å². The van der Waals surface area contributed by atoms with Crippen molar-refractivity contribution in [1.82, 2.24) is 0 Å². The highest BCUT2D eigenvalue weighted by Gasteiger charge is 2.20. The Morgan fingerprint density at radius 3 is 2.64 bits per heavy atom. The summed E-state index contributed by atoms with van der Waals surface area (Å²) < 4.78 is 5.25. The van der Waals surface area contributed by atoms with Crippen molar-refractivity contribution >= 4 is 6.08 Å².